The first-order chi connectivity index (χ1) is 7.85. The van der Waals surface area contributed by atoms with E-state index < -0.39 is 0 Å². The zero-order valence-electron chi connectivity index (χ0n) is 9.93. The molecule has 0 saturated carbocycles. The number of benzene rings is 1. The normalized spacial score (nSPS) is 10.8. The van der Waals surface area contributed by atoms with Gasteiger partial charge in [-0.15, -0.1) is 23.7 Å². The molecule has 0 amide bonds. The van der Waals surface area contributed by atoms with Crippen molar-refractivity contribution in [3.8, 4) is 0 Å². The molecule has 94 valence electrons. The summed E-state index contributed by atoms with van der Waals surface area (Å²) in [6.45, 7) is 5.02. The molecule has 0 atom stereocenters. The van der Waals surface area contributed by atoms with Crippen molar-refractivity contribution in [3.05, 3.63) is 35.2 Å². The fourth-order valence-corrected chi connectivity index (χ4v) is 2.84. The van der Waals surface area contributed by atoms with E-state index in [0.29, 0.717) is 0 Å². The highest BCUT2D eigenvalue weighted by atomic mass is 35.5. The van der Waals surface area contributed by atoms with Crippen molar-refractivity contribution in [2.45, 2.75) is 13.5 Å². The molecule has 0 saturated heterocycles. The smallest absolute Gasteiger partial charge is 0.0558 e. The van der Waals surface area contributed by atoms with Gasteiger partial charge in [0.1, 0.15) is 0 Å². The average molecular weight is 272 g/mol. The molecule has 17 heavy (non-hydrogen) atoms. The fraction of sp³-hybridized carbons (Fsp3) is 0.385. The van der Waals surface area contributed by atoms with E-state index in [4.69, 9.17) is 5.11 Å². The van der Waals surface area contributed by atoms with Gasteiger partial charge in [0, 0.05) is 17.8 Å². The maximum absolute atomic E-state index is 8.97. The van der Waals surface area contributed by atoms with Gasteiger partial charge in [-0.3, -0.25) is 4.90 Å². The van der Waals surface area contributed by atoms with E-state index in [2.05, 4.69) is 41.5 Å². The van der Waals surface area contributed by atoms with Gasteiger partial charge in [0.05, 0.1) is 6.61 Å². The van der Waals surface area contributed by atoms with Crippen LogP contribution in [-0.4, -0.2) is 29.7 Å². The molecule has 0 unspecified atom stereocenters. The molecule has 0 spiro atoms. The molecule has 0 bridgehead atoms. The lowest BCUT2D eigenvalue weighted by Crippen LogP contribution is -2.25. The van der Waals surface area contributed by atoms with Crippen molar-refractivity contribution in [3.63, 3.8) is 0 Å². The van der Waals surface area contributed by atoms with Crippen LogP contribution in [0.25, 0.3) is 10.1 Å². The van der Waals surface area contributed by atoms with Crippen molar-refractivity contribution >= 4 is 33.8 Å². The largest absolute Gasteiger partial charge is 0.395 e. The van der Waals surface area contributed by atoms with Gasteiger partial charge in [0.25, 0.3) is 0 Å². The van der Waals surface area contributed by atoms with Crippen molar-refractivity contribution in [2.24, 2.45) is 0 Å². The van der Waals surface area contributed by atoms with E-state index in [-0.39, 0.29) is 19.0 Å². The SMILES string of the molecule is CCN(CCO)Cc1csc2ccccc12.Cl. The molecular formula is C13H18ClNOS. The lowest BCUT2D eigenvalue weighted by Gasteiger charge is -2.18. The molecule has 1 N–H and O–H groups in total. The van der Waals surface area contributed by atoms with Crippen LogP contribution in [0, 0.1) is 0 Å². The van der Waals surface area contributed by atoms with Gasteiger partial charge >= 0.3 is 0 Å². The van der Waals surface area contributed by atoms with Crippen LogP contribution >= 0.6 is 23.7 Å². The lowest BCUT2D eigenvalue weighted by atomic mass is 10.1. The number of thiophene rings is 1. The van der Waals surface area contributed by atoms with Crippen LogP contribution < -0.4 is 0 Å². The van der Waals surface area contributed by atoms with Crippen LogP contribution in [0.5, 0.6) is 0 Å². The molecule has 4 heteroatoms. The predicted octanol–water partition coefficient (Wildman–Crippen LogP) is 3.14. The van der Waals surface area contributed by atoms with Gasteiger partial charge in [-0.05, 0) is 28.9 Å². The summed E-state index contributed by atoms with van der Waals surface area (Å²) in [6.07, 6.45) is 0. The molecule has 0 fully saturated rings. The summed E-state index contributed by atoms with van der Waals surface area (Å²) in [5.41, 5.74) is 1.37. The van der Waals surface area contributed by atoms with Crippen LogP contribution in [0.4, 0.5) is 0 Å². The summed E-state index contributed by atoms with van der Waals surface area (Å²) >= 11 is 1.80. The summed E-state index contributed by atoms with van der Waals surface area (Å²) in [5, 5.41) is 12.5. The van der Waals surface area contributed by atoms with Crippen LogP contribution in [0.15, 0.2) is 29.6 Å². The minimum Gasteiger partial charge on any atom is -0.395 e. The van der Waals surface area contributed by atoms with E-state index in [1.807, 2.05) is 0 Å². The van der Waals surface area contributed by atoms with Gasteiger partial charge in [0.15, 0.2) is 0 Å². The number of hydrogen-bond donors (Lipinski definition) is 1. The Morgan fingerprint density at radius 1 is 1.29 bits per heavy atom. The van der Waals surface area contributed by atoms with Crippen molar-refractivity contribution in [1.29, 1.82) is 0 Å². The van der Waals surface area contributed by atoms with E-state index in [1.165, 1.54) is 15.6 Å². The first kappa shape index (κ1) is 14.5. The molecule has 0 aliphatic rings. The Balaban J connectivity index is 0.00000144. The molecule has 0 aliphatic heterocycles. The Morgan fingerprint density at radius 3 is 2.76 bits per heavy atom. The van der Waals surface area contributed by atoms with Gasteiger partial charge in [0.2, 0.25) is 0 Å². The Labute approximate surface area is 112 Å². The summed E-state index contributed by atoms with van der Waals surface area (Å²) in [5.74, 6) is 0. The van der Waals surface area contributed by atoms with Crippen molar-refractivity contribution in [1.82, 2.24) is 4.90 Å². The molecule has 2 nitrogen and oxygen atoms in total. The molecular weight excluding hydrogens is 254 g/mol. The van der Waals surface area contributed by atoms with E-state index in [9.17, 15) is 0 Å². The molecule has 0 aliphatic carbocycles. The summed E-state index contributed by atoms with van der Waals surface area (Å²) in [4.78, 5) is 2.26. The zero-order valence-corrected chi connectivity index (χ0v) is 11.6. The Hall–Kier alpha value is -0.610. The third kappa shape index (κ3) is 3.42. The van der Waals surface area contributed by atoms with Gasteiger partial charge < -0.3 is 5.11 Å². The Morgan fingerprint density at radius 2 is 2.06 bits per heavy atom. The average Bonchev–Trinajstić information content (AvgIpc) is 2.72. The van der Waals surface area contributed by atoms with Crippen LogP contribution in [-0.2, 0) is 6.54 Å². The quantitative estimate of drug-likeness (QED) is 0.903. The second-order valence-electron chi connectivity index (χ2n) is 3.85. The maximum atomic E-state index is 8.97. The lowest BCUT2D eigenvalue weighted by molar-refractivity contribution is 0.197. The van der Waals surface area contributed by atoms with Crippen LogP contribution in [0.1, 0.15) is 12.5 Å². The number of nitrogens with zero attached hydrogens (tertiary/aromatic N) is 1. The number of hydrogen-bond acceptors (Lipinski definition) is 3. The maximum Gasteiger partial charge on any atom is 0.0558 e. The highest BCUT2D eigenvalue weighted by Crippen LogP contribution is 2.26. The third-order valence-corrected chi connectivity index (χ3v) is 3.83. The zero-order chi connectivity index (χ0) is 11.4. The monoisotopic (exact) mass is 271 g/mol. The fourth-order valence-electron chi connectivity index (χ4n) is 1.89. The minimum absolute atomic E-state index is 0. The van der Waals surface area contributed by atoms with Crippen LogP contribution in [0.3, 0.4) is 0 Å². The standard InChI is InChI=1S/C13H17NOS.ClH/c1-2-14(7-8-15)9-11-10-16-13-6-4-3-5-12(11)13;/h3-6,10,15H,2,7-9H2,1H3;1H. The van der Waals surface area contributed by atoms with Crippen LogP contribution in [0.2, 0.25) is 0 Å². The second-order valence-corrected chi connectivity index (χ2v) is 4.76. The molecule has 2 rings (SSSR count). The summed E-state index contributed by atoms with van der Waals surface area (Å²) in [6, 6.07) is 8.49. The summed E-state index contributed by atoms with van der Waals surface area (Å²) in [7, 11) is 0. The number of halogens is 1. The number of likely N-dealkylation sites (N-methyl/N-ethyl adjacent to an activating group) is 1. The number of aliphatic hydroxyl groups is 1. The molecule has 0 radical (unpaired) electrons. The van der Waals surface area contributed by atoms with Gasteiger partial charge in [-0.2, -0.15) is 0 Å². The highest BCUT2D eigenvalue weighted by Gasteiger charge is 2.07. The Kier molecular flexibility index (Phi) is 5.92. The topological polar surface area (TPSA) is 23.5 Å². The van der Waals surface area contributed by atoms with E-state index in [1.54, 1.807) is 11.3 Å². The molecule has 1 heterocycles. The highest BCUT2D eigenvalue weighted by molar-refractivity contribution is 7.17. The molecule has 2 aromatic rings. The van der Waals surface area contributed by atoms with Crippen molar-refractivity contribution in [2.75, 3.05) is 19.7 Å². The van der Waals surface area contributed by atoms with E-state index in [0.717, 1.165) is 19.6 Å². The van der Waals surface area contributed by atoms with Gasteiger partial charge in [-0.1, -0.05) is 25.1 Å². The third-order valence-electron chi connectivity index (χ3n) is 2.82. The van der Waals surface area contributed by atoms with Gasteiger partial charge in [-0.25, -0.2) is 0 Å². The summed E-state index contributed by atoms with van der Waals surface area (Å²) < 4.78 is 1.34. The first-order valence-corrected chi connectivity index (χ1v) is 6.51. The number of aliphatic hydroxyl groups excluding tert-OH is 1. The predicted molar refractivity (Wildman–Crippen MR) is 77.1 cm³/mol. The minimum atomic E-state index is 0. The number of fused-ring (bicyclic) bond motifs is 1. The second kappa shape index (κ2) is 6.97. The first-order valence-electron chi connectivity index (χ1n) is 5.63. The number of rotatable bonds is 5. The van der Waals surface area contributed by atoms with E-state index >= 15 is 0 Å². The Bertz CT molecular complexity index is 457. The molecule has 1 aromatic carbocycles. The van der Waals surface area contributed by atoms with Crippen molar-refractivity contribution < 1.29 is 5.11 Å². The molecule has 1 aromatic heterocycles.